The van der Waals surface area contributed by atoms with Crippen LogP contribution in [0.4, 0.5) is 8.78 Å². The molecule has 0 unspecified atom stereocenters. The standard InChI is InChI=1S/C19H19ClF2N2OS/c1-23(11-14-16(21)7-4-8-17(14)22)12-18(25)24-9-10-26-19(24)13-5-2-3-6-15(13)20/h2-8,19H,9-12H2,1H3/t19-/m0/s1. The predicted octanol–water partition coefficient (Wildman–Crippen LogP) is 4.32. The highest BCUT2D eigenvalue weighted by atomic mass is 35.5. The van der Waals surface area contributed by atoms with Gasteiger partial charge in [-0.3, -0.25) is 9.69 Å². The molecule has 1 fully saturated rings. The Morgan fingerprint density at radius 2 is 1.92 bits per heavy atom. The first-order valence-electron chi connectivity index (χ1n) is 8.24. The van der Waals surface area contributed by atoms with Crippen LogP contribution in [0.2, 0.25) is 5.02 Å². The van der Waals surface area contributed by atoms with Gasteiger partial charge in [-0.2, -0.15) is 0 Å². The zero-order valence-corrected chi connectivity index (χ0v) is 15.9. The summed E-state index contributed by atoms with van der Waals surface area (Å²) in [6, 6.07) is 11.3. The molecule has 0 bridgehead atoms. The minimum Gasteiger partial charge on any atom is -0.325 e. The highest BCUT2D eigenvalue weighted by Gasteiger charge is 2.32. The maximum atomic E-state index is 13.8. The average molecular weight is 397 g/mol. The van der Waals surface area contributed by atoms with E-state index in [0.717, 1.165) is 11.3 Å². The monoisotopic (exact) mass is 396 g/mol. The van der Waals surface area contributed by atoms with Crippen molar-refractivity contribution in [3.63, 3.8) is 0 Å². The summed E-state index contributed by atoms with van der Waals surface area (Å²) in [5.41, 5.74) is 0.883. The first-order valence-corrected chi connectivity index (χ1v) is 9.67. The normalized spacial score (nSPS) is 17.1. The van der Waals surface area contributed by atoms with Crippen LogP contribution >= 0.6 is 23.4 Å². The number of hydrogen-bond acceptors (Lipinski definition) is 3. The van der Waals surface area contributed by atoms with Crippen molar-refractivity contribution in [2.75, 3.05) is 25.9 Å². The van der Waals surface area contributed by atoms with Crippen molar-refractivity contribution in [3.05, 3.63) is 70.2 Å². The van der Waals surface area contributed by atoms with E-state index in [1.54, 1.807) is 28.6 Å². The summed E-state index contributed by atoms with van der Waals surface area (Å²) in [4.78, 5) is 16.2. The molecule has 0 radical (unpaired) electrons. The summed E-state index contributed by atoms with van der Waals surface area (Å²) < 4.78 is 27.6. The highest BCUT2D eigenvalue weighted by molar-refractivity contribution is 7.99. The largest absolute Gasteiger partial charge is 0.325 e. The Labute approximate surface area is 160 Å². The Morgan fingerprint density at radius 1 is 1.23 bits per heavy atom. The Balaban J connectivity index is 1.68. The van der Waals surface area contributed by atoms with Crippen LogP contribution in [0, 0.1) is 11.6 Å². The molecule has 3 rings (SSSR count). The summed E-state index contributed by atoms with van der Waals surface area (Å²) in [7, 11) is 1.68. The Bertz CT molecular complexity index is 785. The quantitative estimate of drug-likeness (QED) is 0.751. The van der Waals surface area contributed by atoms with Crippen LogP contribution in [0.5, 0.6) is 0 Å². The maximum Gasteiger partial charge on any atom is 0.237 e. The molecule has 0 N–H and O–H groups in total. The lowest BCUT2D eigenvalue weighted by Crippen LogP contribution is -2.38. The molecule has 3 nitrogen and oxygen atoms in total. The summed E-state index contributed by atoms with van der Waals surface area (Å²) in [5.74, 6) is -0.461. The van der Waals surface area contributed by atoms with Gasteiger partial charge in [-0.25, -0.2) is 8.78 Å². The van der Waals surface area contributed by atoms with E-state index in [0.29, 0.717) is 11.6 Å². The van der Waals surface area contributed by atoms with Crippen molar-refractivity contribution in [1.29, 1.82) is 0 Å². The van der Waals surface area contributed by atoms with Gasteiger partial charge in [0.1, 0.15) is 17.0 Å². The molecule has 2 aromatic rings. The smallest absolute Gasteiger partial charge is 0.237 e. The molecular formula is C19H19ClF2N2OS. The van der Waals surface area contributed by atoms with E-state index in [1.165, 1.54) is 18.2 Å². The van der Waals surface area contributed by atoms with E-state index in [9.17, 15) is 13.6 Å². The molecule has 2 aromatic carbocycles. The molecule has 1 amide bonds. The van der Waals surface area contributed by atoms with Crippen molar-refractivity contribution in [1.82, 2.24) is 9.80 Å². The van der Waals surface area contributed by atoms with Gasteiger partial charge in [0, 0.05) is 35.0 Å². The number of likely N-dealkylation sites (N-methyl/N-ethyl adjacent to an activating group) is 1. The van der Waals surface area contributed by atoms with Crippen LogP contribution in [0.15, 0.2) is 42.5 Å². The van der Waals surface area contributed by atoms with Gasteiger partial charge in [-0.05, 0) is 25.2 Å². The van der Waals surface area contributed by atoms with Crippen molar-refractivity contribution in [2.24, 2.45) is 0 Å². The third-order valence-electron chi connectivity index (χ3n) is 4.28. The Morgan fingerprint density at radius 3 is 2.62 bits per heavy atom. The third-order valence-corrected chi connectivity index (χ3v) is 5.86. The molecule has 1 atom stereocenters. The zero-order valence-electron chi connectivity index (χ0n) is 14.3. The number of halogens is 3. The van der Waals surface area contributed by atoms with Crippen LogP contribution in [0.3, 0.4) is 0 Å². The molecule has 0 saturated carbocycles. The van der Waals surface area contributed by atoms with Gasteiger partial charge in [-0.1, -0.05) is 35.9 Å². The van der Waals surface area contributed by atoms with Crippen LogP contribution in [0.25, 0.3) is 0 Å². The van der Waals surface area contributed by atoms with Crippen LogP contribution in [-0.2, 0) is 11.3 Å². The van der Waals surface area contributed by atoms with E-state index in [4.69, 9.17) is 11.6 Å². The van der Waals surface area contributed by atoms with Crippen LogP contribution in [-0.4, -0.2) is 41.6 Å². The van der Waals surface area contributed by atoms with Crippen molar-refractivity contribution in [2.45, 2.75) is 11.9 Å². The molecular weight excluding hydrogens is 378 g/mol. The number of carbonyl (C=O) groups is 1. The van der Waals surface area contributed by atoms with Gasteiger partial charge in [0.25, 0.3) is 0 Å². The van der Waals surface area contributed by atoms with Crippen molar-refractivity contribution < 1.29 is 13.6 Å². The second kappa shape index (κ2) is 8.37. The molecule has 0 aliphatic carbocycles. The summed E-state index contributed by atoms with van der Waals surface area (Å²) in [6.45, 7) is 0.735. The molecule has 1 heterocycles. The van der Waals surface area contributed by atoms with Gasteiger partial charge in [-0.15, -0.1) is 11.8 Å². The highest BCUT2D eigenvalue weighted by Crippen LogP contribution is 2.40. The first-order chi connectivity index (χ1) is 12.5. The molecule has 1 aliphatic rings. The minimum absolute atomic E-state index is 0.0266. The molecule has 1 aliphatic heterocycles. The van der Waals surface area contributed by atoms with Gasteiger partial charge in [0.15, 0.2) is 0 Å². The van der Waals surface area contributed by atoms with E-state index in [2.05, 4.69) is 0 Å². The fourth-order valence-corrected chi connectivity index (χ4v) is 4.61. The molecule has 26 heavy (non-hydrogen) atoms. The second-order valence-electron chi connectivity index (χ2n) is 6.20. The van der Waals surface area contributed by atoms with E-state index in [1.807, 2.05) is 24.3 Å². The SMILES string of the molecule is CN(CC(=O)N1CCS[C@H]1c1ccccc1Cl)Cc1c(F)cccc1F. The zero-order chi connectivity index (χ0) is 18.7. The predicted molar refractivity (Wildman–Crippen MR) is 101 cm³/mol. The number of thioether (sulfide) groups is 1. The molecule has 0 aromatic heterocycles. The minimum atomic E-state index is -0.602. The first kappa shape index (κ1) is 19.1. The lowest BCUT2D eigenvalue weighted by Gasteiger charge is -2.27. The third kappa shape index (κ3) is 4.19. The van der Waals surface area contributed by atoms with E-state index < -0.39 is 11.6 Å². The molecule has 7 heteroatoms. The topological polar surface area (TPSA) is 23.6 Å². The molecule has 138 valence electrons. The van der Waals surface area contributed by atoms with Crippen molar-refractivity contribution >= 4 is 29.3 Å². The maximum absolute atomic E-state index is 13.8. The van der Waals surface area contributed by atoms with Gasteiger partial charge >= 0.3 is 0 Å². The van der Waals surface area contributed by atoms with Crippen molar-refractivity contribution in [3.8, 4) is 0 Å². The lowest BCUT2D eigenvalue weighted by molar-refractivity contribution is -0.132. The Hall–Kier alpha value is -1.63. The second-order valence-corrected chi connectivity index (χ2v) is 7.80. The number of hydrogen-bond donors (Lipinski definition) is 0. The number of benzene rings is 2. The summed E-state index contributed by atoms with van der Waals surface area (Å²) >= 11 is 7.94. The fraction of sp³-hybridized carbons (Fsp3) is 0.316. The molecule has 1 saturated heterocycles. The average Bonchev–Trinajstić information content (AvgIpc) is 3.08. The van der Waals surface area contributed by atoms with Gasteiger partial charge in [0.05, 0.1) is 6.54 Å². The lowest BCUT2D eigenvalue weighted by atomic mass is 10.2. The molecule has 0 spiro atoms. The van der Waals surface area contributed by atoms with Crippen LogP contribution in [0.1, 0.15) is 16.5 Å². The van der Waals surface area contributed by atoms with E-state index in [-0.39, 0.29) is 29.9 Å². The van der Waals surface area contributed by atoms with Gasteiger partial charge < -0.3 is 4.90 Å². The van der Waals surface area contributed by atoms with Crippen LogP contribution < -0.4 is 0 Å². The van der Waals surface area contributed by atoms with E-state index >= 15 is 0 Å². The fourth-order valence-electron chi connectivity index (χ4n) is 2.99. The number of nitrogens with zero attached hydrogens (tertiary/aromatic N) is 2. The number of amides is 1. The summed E-state index contributed by atoms with van der Waals surface area (Å²) in [5, 5.41) is 0.501. The summed E-state index contributed by atoms with van der Waals surface area (Å²) in [6.07, 6.45) is 0. The van der Waals surface area contributed by atoms with Gasteiger partial charge in [0.2, 0.25) is 5.91 Å². The number of rotatable bonds is 5. The number of carbonyl (C=O) groups excluding carboxylic acids is 1. The Kier molecular flexibility index (Phi) is 6.16.